The number of aromatic nitrogens is 3. The second-order valence-electron chi connectivity index (χ2n) is 5.23. The van der Waals surface area contributed by atoms with E-state index in [1.807, 2.05) is 12.1 Å². The van der Waals surface area contributed by atoms with Crippen molar-refractivity contribution in [3.63, 3.8) is 0 Å². The number of halogens is 2. The Bertz CT molecular complexity index is 878. The predicted octanol–water partition coefficient (Wildman–Crippen LogP) is 3.16. The smallest absolute Gasteiger partial charge is 0.274 e. The zero-order valence-electron chi connectivity index (χ0n) is 12.6. The van der Waals surface area contributed by atoms with Gasteiger partial charge in [0, 0.05) is 18.0 Å². The van der Waals surface area contributed by atoms with Crippen molar-refractivity contribution < 1.29 is 4.39 Å². The lowest BCUT2D eigenvalue weighted by Gasteiger charge is -2.06. The normalized spacial score (nSPS) is 10.6. The molecule has 0 saturated carbocycles. The highest BCUT2D eigenvalue weighted by Gasteiger charge is 2.06. The summed E-state index contributed by atoms with van der Waals surface area (Å²) in [4.78, 5) is 14.7. The van der Waals surface area contributed by atoms with E-state index in [9.17, 15) is 9.18 Å². The first-order valence-corrected chi connectivity index (χ1v) is 7.66. The molecular weight excluding hydrogens is 331 g/mol. The summed E-state index contributed by atoms with van der Waals surface area (Å²) in [5.41, 5.74) is 1.74. The summed E-state index contributed by atoms with van der Waals surface area (Å²) in [6.07, 6.45) is 0.292. The van der Waals surface area contributed by atoms with Crippen LogP contribution in [0.4, 0.5) is 10.3 Å². The summed E-state index contributed by atoms with van der Waals surface area (Å²) in [7, 11) is 0. The Morgan fingerprint density at radius 2 is 1.67 bits per heavy atom. The quantitative estimate of drug-likeness (QED) is 0.746. The molecule has 0 radical (unpaired) electrons. The zero-order chi connectivity index (χ0) is 16.9. The van der Waals surface area contributed by atoms with Crippen LogP contribution in [0.15, 0.2) is 53.3 Å². The number of rotatable bonds is 5. The van der Waals surface area contributed by atoms with Crippen molar-refractivity contribution in [2.45, 2.75) is 13.0 Å². The van der Waals surface area contributed by atoms with Crippen LogP contribution in [0, 0.1) is 5.82 Å². The Morgan fingerprint density at radius 1 is 1.00 bits per heavy atom. The molecule has 0 amide bonds. The first kappa shape index (κ1) is 16.1. The van der Waals surface area contributed by atoms with Crippen molar-refractivity contribution in [2.24, 2.45) is 0 Å². The molecule has 0 unspecified atom stereocenters. The monoisotopic (exact) mass is 344 g/mol. The molecule has 0 saturated heterocycles. The number of anilines is 1. The largest absolute Gasteiger partial charge is 0.350 e. The number of aromatic amines is 1. The van der Waals surface area contributed by atoms with Gasteiger partial charge in [-0.1, -0.05) is 35.9 Å². The van der Waals surface area contributed by atoms with E-state index >= 15 is 0 Å². The highest BCUT2D eigenvalue weighted by molar-refractivity contribution is 6.30. The SMILES string of the molecule is O=c1[nH]c(NCc2ccc(Cl)cc2)nnc1Cc1ccc(F)cc1. The van der Waals surface area contributed by atoms with Crippen molar-refractivity contribution in [1.29, 1.82) is 0 Å². The number of benzene rings is 2. The van der Waals surface area contributed by atoms with Gasteiger partial charge in [-0.3, -0.25) is 9.78 Å². The van der Waals surface area contributed by atoms with Gasteiger partial charge in [-0.2, -0.15) is 0 Å². The minimum Gasteiger partial charge on any atom is -0.350 e. The van der Waals surface area contributed by atoms with E-state index in [0.717, 1.165) is 11.1 Å². The van der Waals surface area contributed by atoms with Crippen LogP contribution >= 0.6 is 11.6 Å². The maximum atomic E-state index is 12.9. The van der Waals surface area contributed by atoms with Gasteiger partial charge in [-0.25, -0.2) is 4.39 Å². The third-order valence-electron chi connectivity index (χ3n) is 3.42. The average molecular weight is 345 g/mol. The first-order valence-electron chi connectivity index (χ1n) is 7.29. The van der Waals surface area contributed by atoms with Crippen molar-refractivity contribution >= 4 is 17.5 Å². The Labute approximate surface area is 142 Å². The van der Waals surface area contributed by atoms with Gasteiger partial charge in [-0.05, 0) is 35.4 Å². The Morgan fingerprint density at radius 3 is 2.33 bits per heavy atom. The fourth-order valence-corrected chi connectivity index (χ4v) is 2.27. The van der Waals surface area contributed by atoms with Crippen LogP contribution in [-0.4, -0.2) is 15.2 Å². The standard InChI is InChI=1S/C17H14ClFN4O/c18-13-5-1-12(2-6-13)10-20-17-21-16(24)15(22-23-17)9-11-3-7-14(19)8-4-11/h1-8H,9-10H2,(H2,20,21,23,24). The summed E-state index contributed by atoms with van der Waals surface area (Å²) in [5, 5.41) is 11.6. The van der Waals surface area contributed by atoms with E-state index in [-0.39, 0.29) is 23.0 Å². The molecule has 24 heavy (non-hydrogen) atoms. The molecule has 0 aliphatic rings. The van der Waals surface area contributed by atoms with Crippen molar-refractivity contribution in [2.75, 3.05) is 5.32 Å². The van der Waals surface area contributed by atoms with E-state index in [4.69, 9.17) is 11.6 Å². The molecule has 3 rings (SSSR count). The van der Waals surface area contributed by atoms with Crippen LogP contribution < -0.4 is 10.9 Å². The van der Waals surface area contributed by atoms with Crippen molar-refractivity contribution in [1.82, 2.24) is 15.2 Å². The Kier molecular flexibility index (Phi) is 4.86. The number of hydrogen-bond acceptors (Lipinski definition) is 4. The summed E-state index contributed by atoms with van der Waals surface area (Å²) >= 11 is 5.83. The maximum absolute atomic E-state index is 12.9. The molecule has 0 bridgehead atoms. The molecular formula is C17H14ClFN4O. The predicted molar refractivity (Wildman–Crippen MR) is 90.6 cm³/mol. The van der Waals surface area contributed by atoms with Crippen LogP contribution in [-0.2, 0) is 13.0 Å². The Hall–Kier alpha value is -2.73. The van der Waals surface area contributed by atoms with Gasteiger partial charge >= 0.3 is 0 Å². The van der Waals surface area contributed by atoms with Crippen molar-refractivity contribution in [3.05, 3.63) is 86.5 Å². The molecule has 122 valence electrons. The van der Waals surface area contributed by atoms with Gasteiger partial charge in [0.05, 0.1) is 0 Å². The molecule has 2 aromatic carbocycles. The number of nitrogens with one attached hydrogen (secondary N) is 2. The fourth-order valence-electron chi connectivity index (χ4n) is 2.14. The van der Waals surface area contributed by atoms with Gasteiger partial charge in [0.2, 0.25) is 5.95 Å². The number of H-pyrrole nitrogens is 1. The minimum atomic E-state index is -0.326. The third-order valence-corrected chi connectivity index (χ3v) is 3.67. The van der Waals surface area contributed by atoms with E-state index in [2.05, 4.69) is 20.5 Å². The van der Waals surface area contributed by atoms with E-state index < -0.39 is 0 Å². The zero-order valence-corrected chi connectivity index (χ0v) is 13.3. The molecule has 5 nitrogen and oxygen atoms in total. The fraction of sp³-hybridized carbons (Fsp3) is 0.118. The molecule has 3 aromatic rings. The molecule has 0 spiro atoms. The summed E-state index contributed by atoms with van der Waals surface area (Å²) < 4.78 is 12.9. The van der Waals surface area contributed by atoms with Gasteiger partial charge < -0.3 is 5.32 Å². The van der Waals surface area contributed by atoms with Crippen LogP contribution in [0.2, 0.25) is 5.02 Å². The molecule has 0 aliphatic carbocycles. The lowest BCUT2D eigenvalue weighted by Crippen LogP contribution is -2.19. The van der Waals surface area contributed by atoms with Crippen LogP contribution in [0.5, 0.6) is 0 Å². The lowest BCUT2D eigenvalue weighted by molar-refractivity contribution is 0.627. The van der Waals surface area contributed by atoms with E-state index in [0.29, 0.717) is 18.0 Å². The minimum absolute atomic E-state index is 0.277. The third kappa shape index (κ3) is 4.17. The highest BCUT2D eigenvalue weighted by atomic mass is 35.5. The number of nitrogens with zero attached hydrogens (tertiary/aromatic N) is 2. The van der Waals surface area contributed by atoms with Crippen LogP contribution in [0.3, 0.4) is 0 Å². The molecule has 0 atom stereocenters. The molecule has 0 aliphatic heterocycles. The molecule has 0 fully saturated rings. The van der Waals surface area contributed by atoms with Crippen LogP contribution in [0.1, 0.15) is 16.8 Å². The topological polar surface area (TPSA) is 70.7 Å². The lowest BCUT2D eigenvalue weighted by atomic mass is 10.1. The van der Waals surface area contributed by atoms with Crippen LogP contribution in [0.25, 0.3) is 0 Å². The second-order valence-corrected chi connectivity index (χ2v) is 5.67. The second kappa shape index (κ2) is 7.23. The molecule has 7 heteroatoms. The molecule has 1 aromatic heterocycles. The van der Waals surface area contributed by atoms with Crippen molar-refractivity contribution in [3.8, 4) is 0 Å². The number of hydrogen-bond donors (Lipinski definition) is 2. The molecule has 2 N–H and O–H groups in total. The summed E-state index contributed by atoms with van der Waals surface area (Å²) in [6.45, 7) is 0.485. The first-order chi connectivity index (χ1) is 11.6. The van der Waals surface area contributed by atoms with Gasteiger partial charge in [-0.15, -0.1) is 10.2 Å². The highest BCUT2D eigenvalue weighted by Crippen LogP contribution is 2.10. The van der Waals surface area contributed by atoms with Gasteiger partial charge in [0.15, 0.2) is 0 Å². The molecule has 1 heterocycles. The average Bonchev–Trinajstić information content (AvgIpc) is 2.58. The Balaban J connectivity index is 1.66. The maximum Gasteiger partial charge on any atom is 0.274 e. The van der Waals surface area contributed by atoms with Gasteiger partial charge in [0.25, 0.3) is 5.56 Å². The summed E-state index contributed by atoms with van der Waals surface area (Å²) in [5.74, 6) is -0.0294. The van der Waals surface area contributed by atoms with Gasteiger partial charge in [0.1, 0.15) is 11.5 Å². The summed E-state index contributed by atoms with van der Waals surface area (Å²) in [6, 6.07) is 13.3. The van der Waals surface area contributed by atoms with E-state index in [1.165, 1.54) is 12.1 Å². The van der Waals surface area contributed by atoms with E-state index in [1.54, 1.807) is 24.3 Å².